The molecule has 1 aromatic carbocycles. The number of rotatable bonds is 9. The number of carboxylic acid groups (broad SMARTS) is 1. The second kappa shape index (κ2) is 9.55. The number of ether oxygens (including phenoxy) is 3. The van der Waals surface area contributed by atoms with E-state index in [9.17, 15) is 9.59 Å². The van der Waals surface area contributed by atoms with Crippen molar-refractivity contribution in [3.05, 3.63) is 24.3 Å². The molecule has 1 amide bonds. The summed E-state index contributed by atoms with van der Waals surface area (Å²) in [6, 6.07) is 7.11. The summed E-state index contributed by atoms with van der Waals surface area (Å²) in [6.45, 7) is 4.08. The molecular weight excluding hydrogens is 444 g/mol. The number of aliphatic carboxylic acids is 1. The van der Waals surface area contributed by atoms with Crippen molar-refractivity contribution in [1.82, 2.24) is 25.5 Å². The molecule has 2 aliphatic rings. The van der Waals surface area contributed by atoms with E-state index in [1.54, 1.807) is 18.5 Å². The van der Waals surface area contributed by atoms with Gasteiger partial charge in [-0.25, -0.2) is 0 Å². The van der Waals surface area contributed by atoms with Gasteiger partial charge >= 0.3 is 12.0 Å². The van der Waals surface area contributed by atoms with Gasteiger partial charge in [0, 0.05) is 32.3 Å². The smallest absolute Gasteiger partial charge is 0.341 e. The van der Waals surface area contributed by atoms with Crippen LogP contribution in [0.5, 0.6) is 11.8 Å². The second-order valence-electron chi connectivity index (χ2n) is 9.65. The van der Waals surface area contributed by atoms with Crippen LogP contribution in [-0.4, -0.2) is 82.7 Å². The predicted molar refractivity (Wildman–Crippen MR) is 120 cm³/mol. The molecule has 0 bridgehead atoms. The van der Waals surface area contributed by atoms with Crippen molar-refractivity contribution in [2.75, 3.05) is 32.2 Å². The van der Waals surface area contributed by atoms with Gasteiger partial charge < -0.3 is 29.5 Å². The highest BCUT2D eigenvalue weighted by molar-refractivity contribution is 5.78. The van der Waals surface area contributed by atoms with Gasteiger partial charge in [0.2, 0.25) is 5.91 Å². The summed E-state index contributed by atoms with van der Waals surface area (Å²) in [6.07, 6.45) is -0.735. The molecule has 184 valence electrons. The number of amides is 1. The number of nitrogens with one attached hydrogen (secondary N) is 1. The van der Waals surface area contributed by atoms with Crippen LogP contribution in [0.2, 0.25) is 0 Å². The minimum absolute atomic E-state index is 0.0909. The van der Waals surface area contributed by atoms with Crippen LogP contribution in [0, 0.1) is 5.41 Å². The van der Waals surface area contributed by atoms with Gasteiger partial charge in [0.15, 0.2) is 0 Å². The molecule has 12 nitrogen and oxygen atoms in total. The number of tetrazole rings is 1. The summed E-state index contributed by atoms with van der Waals surface area (Å²) < 4.78 is 19.4. The standard InChI is InChI=1S/C22H30N6O6/c1-22(2,10-18(30)31)9-17(29)23-15-11-32-20-16(12-33-19(15)20)28-21(24-25-26-28)34-14-7-5-6-13(8-14)27(3)4/h5-8,15-16,19-20H,9-12H2,1-4H3,(H,23,29)(H,30,31). The Balaban J connectivity index is 1.40. The van der Waals surface area contributed by atoms with E-state index in [4.69, 9.17) is 19.3 Å². The molecule has 0 saturated carbocycles. The van der Waals surface area contributed by atoms with E-state index in [1.165, 1.54) is 0 Å². The Morgan fingerprint density at radius 2 is 2.00 bits per heavy atom. The first-order chi connectivity index (χ1) is 16.1. The average Bonchev–Trinajstić information content (AvgIpc) is 3.44. The molecule has 1 aromatic heterocycles. The van der Waals surface area contributed by atoms with E-state index >= 15 is 0 Å². The quantitative estimate of drug-likeness (QED) is 0.545. The lowest BCUT2D eigenvalue weighted by Crippen LogP contribution is -2.45. The lowest BCUT2D eigenvalue weighted by atomic mass is 9.85. The zero-order valence-electron chi connectivity index (χ0n) is 19.7. The second-order valence-corrected chi connectivity index (χ2v) is 9.65. The van der Waals surface area contributed by atoms with Crippen molar-refractivity contribution < 1.29 is 28.9 Å². The molecular formula is C22H30N6O6. The van der Waals surface area contributed by atoms with Gasteiger partial charge in [0.05, 0.1) is 25.7 Å². The van der Waals surface area contributed by atoms with Gasteiger partial charge in [0.1, 0.15) is 24.0 Å². The Hall–Kier alpha value is -3.25. The minimum Gasteiger partial charge on any atom is -0.481 e. The van der Waals surface area contributed by atoms with Gasteiger partial charge in [0.25, 0.3) is 0 Å². The number of carbonyl (C=O) groups excluding carboxylic acids is 1. The van der Waals surface area contributed by atoms with Crippen LogP contribution < -0.4 is 15.0 Å². The van der Waals surface area contributed by atoms with E-state index in [1.807, 2.05) is 43.3 Å². The van der Waals surface area contributed by atoms with Crippen molar-refractivity contribution in [3.63, 3.8) is 0 Å². The number of anilines is 1. The summed E-state index contributed by atoms with van der Waals surface area (Å²) >= 11 is 0. The number of hydrogen-bond donors (Lipinski definition) is 2. The minimum atomic E-state index is -0.933. The molecule has 0 aliphatic carbocycles. The fraction of sp³-hybridized carbons (Fsp3) is 0.591. The van der Waals surface area contributed by atoms with Gasteiger partial charge in [-0.2, -0.15) is 4.68 Å². The van der Waals surface area contributed by atoms with Crippen LogP contribution in [0.3, 0.4) is 0 Å². The molecule has 2 aromatic rings. The van der Waals surface area contributed by atoms with Crippen molar-refractivity contribution in [3.8, 4) is 11.8 Å². The van der Waals surface area contributed by atoms with E-state index in [-0.39, 0.29) is 55.7 Å². The zero-order valence-corrected chi connectivity index (χ0v) is 19.7. The van der Waals surface area contributed by atoms with Crippen LogP contribution in [0.25, 0.3) is 0 Å². The number of hydrogen-bond acceptors (Lipinski definition) is 9. The highest BCUT2D eigenvalue weighted by Gasteiger charge is 2.50. The van der Waals surface area contributed by atoms with Gasteiger partial charge in [-0.05, 0) is 28.0 Å². The maximum Gasteiger partial charge on any atom is 0.341 e. The van der Waals surface area contributed by atoms with Crippen LogP contribution in [0.1, 0.15) is 32.7 Å². The van der Waals surface area contributed by atoms with Crippen molar-refractivity contribution in [2.24, 2.45) is 5.41 Å². The van der Waals surface area contributed by atoms with E-state index < -0.39 is 11.4 Å². The number of aromatic nitrogens is 4. The highest BCUT2D eigenvalue weighted by atomic mass is 16.6. The molecule has 34 heavy (non-hydrogen) atoms. The number of carbonyl (C=O) groups is 2. The molecule has 4 unspecified atom stereocenters. The summed E-state index contributed by atoms with van der Waals surface area (Å²) in [5.74, 6) is -0.573. The summed E-state index contributed by atoms with van der Waals surface area (Å²) in [5.41, 5.74) is 0.321. The fourth-order valence-corrected chi connectivity index (χ4v) is 4.37. The fourth-order valence-electron chi connectivity index (χ4n) is 4.37. The van der Waals surface area contributed by atoms with Crippen LogP contribution in [0.4, 0.5) is 5.69 Å². The van der Waals surface area contributed by atoms with Gasteiger partial charge in [-0.1, -0.05) is 25.0 Å². The topological polar surface area (TPSA) is 141 Å². The normalized spacial score (nSPS) is 24.0. The molecule has 12 heteroatoms. The Kier molecular flexibility index (Phi) is 6.71. The largest absolute Gasteiger partial charge is 0.481 e. The average molecular weight is 475 g/mol. The summed E-state index contributed by atoms with van der Waals surface area (Å²) in [4.78, 5) is 25.5. The van der Waals surface area contributed by atoms with E-state index in [0.29, 0.717) is 12.4 Å². The first-order valence-electron chi connectivity index (χ1n) is 11.1. The Labute approximate surface area is 197 Å². The van der Waals surface area contributed by atoms with Gasteiger partial charge in [-0.15, -0.1) is 0 Å². The summed E-state index contributed by atoms with van der Waals surface area (Å²) in [7, 11) is 3.89. The molecule has 2 aliphatic heterocycles. The molecule has 2 N–H and O–H groups in total. The maximum absolute atomic E-state index is 12.6. The highest BCUT2D eigenvalue weighted by Crippen LogP contribution is 2.36. The number of benzene rings is 1. The number of fused-ring (bicyclic) bond motifs is 1. The lowest BCUT2D eigenvalue weighted by Gasteiger charge is -2.24. The lowest BCUT2D eigenvalue weighted by molar-refractivity contribution is -0.139. The molecule has 4 atom stereocenters. The molecule has 2 fully saturated rings. The third-order valence-corrected chi connectivity index (χ3v) is 5.96. The number of carboxylic acids is 1. The Bertz CT molecular complexity index is 1040. The van der Waals surface area contributed by atoms with Crippen LogP contribution in [-0.2, 0) is 19.1 Å². The monoisotopic (exact) mass is 474 g/mol. The molecule has 0 spiro atoms. The van der Waals surface area contributed by atoms with E-state index in [2.05, 4.69) is 20.8 Å². The third-order valence-electron chi connectivity index (χ3n) is 5.96. The van der Waals surface area contributed by atoms with Crippen molar-refractivity contribution >= 4 is 17.6 Å². The zero-order chi connectivity index (χ0) is 24.5. The SMILES string of the molecule is CN(C)c1cccc(Oc2nnnn2C2COC3C(NC(=O)CC(C)(C)CC(=O)O)COC32)c1. The van der Waals surface area contributed by atoms with Crippen LogP contribution in [0.15, 0.2) is 24.3 Å². The predicted octanol–water partition coefficient (Wildman–Crippen LogP) is 1.25. The Morgan fingerprint density at radius 1 is 1.24 bits per heavy atom. The van der Waals surface area contributed by atoms with Gasteiger partial charge in [-0.3, -0.25) is 9.59 Å². The van der Waals surface area contributed by atoms with Crippen LogP contribution >= 0.6 is 0 Å². The first-order valence-corrected chi connectivity index (χ1v) is 11.1. The molecule has 3 heterocycles. The Morgan fingerprint density at radius 3 is 2.74 bits per heavy atom. The molecule has 2 saturated heterocycles. The summed E-state index contributed by atoms with van der Waals surface area (Å²) in [5, 5.41) is 23.8. The number of nitrogens with zero attached hydrogens (tertiary/aromatic N) is 5. The molecule has 0 radical (unpaired) electrons. The first kappa shape index (κ1) is 23.9. The maximum atomic E-state index is 12.6. The van der Waals surface area contributed by atoms with E-state index in [0.717, 1.165) is 5.69 Å². The molecule has 4 rings (SSSR count). The third kappa shape index (κ3) is 5.28. The van der Waals surface area contributed by atoms with Crippen molar-refractivity contribution in [1.29, 1.82) is 0 Å². The van der Waals surface area contributed by atoms with Crippen molar-refractivity contribution in [2.45, 2.75) is 51.0 Å².